The van der Waals surface area contributed by atoms with Crippen LogP contribution in [-0.2, 0) is 30.7 Å². The number of nitrogens with one attached hydrogen (secondary N) is 2. The topological polar surface area (TPSA) is 79.8 Å². The number of hydrogen-bond acceptors (Lipinski definition) is 3. The molecule has 1 aliphatic carbocycles. The van der Waals surface area contributed by atoms with Crippen LogP contribution in [0, 0.1) is 0 Å². The van der Waals surface area contributed by atoms with E-state index in [2.05, 4.69) is 27.4 Å². The van der Waals surface area contributed by atoms with Gasteiger partial charge in [-0.25, -0.2) is 9.78 Å². The van der Waals surface area contributed by atoms with Crippen molar-refractivity contribution in [3.63, 3.8) is 0 Å². The Balaban J connectivity index is 1.47. The van der Waals surface area contributed by atoms with Crippen molar-refractivity contribution in [2.75, 3.05) is 0 Å². The largest absolute Gasteiger partial charge is 0.358 e. The summed E-state index contributed by atoms with van der Waals surface area (Å²) in [6.07, 6.45) is 10.3. The lowest BCUT2D eigenvalue weighted by atomic mass is 9.96. The molecule has 1 amide bonds. The average molecular weight is 364 g/mol. The first-order valence-corrected chi connectivity index (χ1v) is 9.61. The smallest absolute Gasteiger partial charge is 0.347 e. The maximum Gasteiger partial charge on any atom is 0.347 e. The van der Waals surface area contributed by atoms with E-state index >= 15 is 0 Å². The van der Waals surface area contributed by atoms with E-state index < -0.39 is 5.69 Å². The molecule has 6 nitrogen and oxygen atoms in total. The molecule has 0 bridgehead atoms. The number of amides is 1. The SMILES string of the molecule is O=C(Cn1cccnc1=O)NCc1ccc2[nH]c3c(c2c1)CCCCCC3. The van der Waals surface area contributed by atoms with Crippen LogP contribution in [0.5, 0.6) is 0 Å². The van der Waals surface area contributed by atoms with Gasteiger partial charge in [-0.05, 0) is 55.0 Å². The summed E-state index contributed by atoms with van der Waals surface area (Å²) in [5.41, 5.74) is 4.65. The highest BCUT2D eigenvalue weighted by Gasteiger charge is 2.14. The third-order valence-corrected chi connectivity index (χ3v) is 5.25. The van der Waals surface area contributed by atoms with E-state index in [0.717, 1.165) is 18.4 Å². The second-order valence-electron chi connectivity index (χ2n) is 7.18. The molecule has 1 aromatic carbocycles. The molecular weight excluding hydrogens is 340 g/mol. The van der Waals surface area contributed by atoms with Gasteiger partial charge in [-0.1, -0.05) is 18.9 Å². The summed E-state index contributed by atoms with van der Waals surface area (Å²) in [6, 6.07) is 7.97. The Morgan fingerprint density at radius 2 is 2.04 bits per heavy atom. The third kappa shape index (κ3) is 3.94. The Labute approximate surface area is 157 Å². The highest BCUT2D eigenvalue weighted by Crippen LogP contribution is 2.28. The van der Waals surface area contributed by atoms with E-state index in [4.69, 9.17) is 0 Å². The van der Waals surface area contributed by atoms with Crippen LogP contribution in [0.1, 0.15) is 42.5 Å². The second kappa shape index (κ2) is 7.78. The molecule has 0 spiro atoms. The molecule has 1 aliphatic rings. The van der Waals surface area contributed by atoms with Gasteiger partial charge in [0, 0.05) is 35.5 Å². The zero-order valence-corrected chi connectivity index (χ0v) is 15.3. The molecule has 4 rings (SSSR count). The number of aryl methyl sites for hydroxylation is 2. The Morgan fingerprint density at radius 1 is 1.19 bits per heavy atom. The van der Waals surface area contributed by atoms with Crippen molar-refractivity contribution in [2.45, 2.75) is 51.6 Å². The van der Waals surface area contributed by atoms with Crippen LogP contribution in [-0.4, -0.2) is 20.4 Å². The Morgan fingerprint density at radius 3 is 2.89 bits per heavy atom. The molecule has 0 unspecified atom stereocenters. The first-order valence-electron chi connectivity index (χ1n) is 9.61. The summed E-state index contributed by atoms with van der Waals surface area (Å²) in [7, 11) is 0. The number of nitrogens with zero attached hydrogens (tertiary/aromatic N) is 2. The summed E-state index contributed by atoms with van der Waals surface area (Å²) >= 11 is 0. The fraction of sp³-hybridized carbons (Fsp3) is 0.381. The Bertz CT molecular complexity index is 1020. The normalized spacial score (nSPS) is 14.4. The number of carbonyl (C=O) groups excluding carboxylic acids is 1. The molecule has 0 saturated carbocycles. The van der Waals surface area contributed by atoms with E-state index in [1.54, 1.807) is 12.3 Å². The summed E-state index contributed by atoms with van der Waals surface area (Å²) in [4.78, 5) is 31.0. The number of rotatable bonds is 4. The van der Waals surface area contributed by atoms with Crippen molar-refractivity contribution in [2.24, 2.45) is 0 Å². The highest BCUT2D eigenvalue weighted by atomic mass is 16.2. The number of carbonyl (C=O) groups is 1. The predicted octanol–water partition coefficient (Wildman–Crippen LogP) is 2.70. The maximum absolute atomic E-state index is 12.2. The van der Waals surface area contributed by atoms with E-state index in [0.29, 0.717) is 6.54 Å². The Hall–Kier alpha value is -2.89. The molecular formula is C21H24N4O2. The summed E-state index contributed by atoms with van der Waals surface area (Å²) in [5.74, 6) is -0.199. The quantitative estimate of drug-likeness (QED) is 0.747. The third-order valence-electron chi connectivity index (χ3n) is 5.25. The maximum atomic E-state index is 12.2. The minimum absolute atomic E-state index is 0.0194. The van der Waals surface area contributed by atoms with Crippen LogP contribution in [0.25, 0.3) is 10.9 Å². The molecule has 0 saturated heterocycles. The van der Waals surface area contributed by atoms with Gasteiger partial charge in [0.15, 0.2) is 0 Å². The van der Waals surface area contributed by atoms with Gasteiger partial charge in [-0.15, -0.1) is 0 Å². The van der Waals surface area contributed by atoms with E-state index in [1.807, 2.05) is 6.07 Å². The minimum Gasteiger partial charge on any atom is -0.358 e. The number of hydrogen-bond donors (Lipinski definition) is 2. The Kier molecular flexibility index (Phi) is 5.05. The molecule has 0 radical (unpaired) electrons. The van der Waals surface area contributed by atoms with Gasteiger partial charge in [0.1, 0.15) is 6.54 Å². The number of H-pyrrole nitrogens is 1. The molecule has 140 valence electrons. The van der Waals surface area contributed by atoms with E-state index in [9.17, 15) is 9.59 Å². The van der Waals surface area contributed by atoms with Gasteiger partial charge in [-0.2, -0.15) is 0 Å². The van der Waals surface area contributed by atoms with Crippen molar-refractivity contribution in [1.29, 1.82) is 0 Å². The second-order valence-corrected chi connectivity index (χ2v) is 7.18. The van der Waals surface area contributed by atoms with Crippen LogP contribution in [0.15, 0.2) is 41.5 Å². The van der Waals surface area contributed by atoms with Gasteiger partial charge in [-0.3, -0.25) is 9.36 Å². The van der Waals surface area contributed by atoms with Gasteiger partial charge < -0.3 is 10.3 Å². The summed E-state index contributed by atoms with van der Waals surface area (Å²) in [5, 5.41) is 4.18. The van der Waals surface area contributed by atoms with Crippen molar-refractivity contribution >= 4 is 16.8 Å². The molecule has 0 aliphatic heterocycles. The molecule has 3 aromatic rings. The van der Waals surface area contributed by atoms with Crippen molar-refractivity contribution < 1.29 is 4.79 Å². The fourth-order valence-electron chi connectivity index (χ4n) is 3.84. The standard InChI is InChI=1S/C21H24N4O2/c26-20(14-25-11-5-10-22-21(25)27)23-13-15-8-9-19-17(12-15)16-6-3-1-2-4-7-18(16)24-19/h5,8-12,24H,1-4,6-7,13-14H2,(H,23,26). The minimum atomic E-state index is -0.417. The van der Waals surface area contributed by atoms with Gasteiger partial charge in [0.2, 0.25) is 5.91 Å². The zero-order valence-electron chi connectivity index (χ0n) is 15.3. The molecule has 0 fully saturated rings. The molecule has 2 N–H and O–H groups in total. The van der Waals surface area contributed by atoms with Crippen molar-refractivity contribution in [3.05, 3.63) is 64.0 Å². The molecule has 27 heavy (non-hydrogen) atoms. The van der Waals surface area contributed by atoms with Gasteiger partial charge >= 0.3 is 5.69 Å². The monoisotopic (exact) mass is 364 g/mol. The van der Waals surface area contributed by atoms with Crippen molar-refractivity contribution in [3.8, 4) is 0 Å². The van der Waals surface area contributed by atoms with Crippen molar-refractivity contribution in [1.82, 2.24) is 19.9 Å². The number of aromatic amines is 1. The lowest BCUT2D eigenvalue weighted by molar-refractivity contribution is -0.121. The first-order chi connectivity index (χ1) is 13.2. The molecule has 2 heterocycles. The van der Waals surface area contributed by atoms with Crippen LogP contribution < -0.4 is 11.0 Å². The molecule has 6 heteroatoms. The first kappa shape index (κ1) is 17.5. The number of fused-ring (bicyclic) bond motifs is 3. The zero-order chi connectivity index (χ0) is 18.6. The molecule has 2 aromatic heterocycles. The summed E-state index contributed by atoms with van der Waals surface area (Å²) in [6.45, 7) is 0.429. The lowest BCUT2D eigenvalue weighted by Crippen LogP contribution is -2.32. The van der Waals surface area contributed by atoms with Gasteiger partial charge in [0.25, 0.3) is 0 Å². The van der Waals surface area contributed by atoms with Crippen LogP contribution in [0.3, 0.4) is 0 Å². The van der Waals surface area contributed by atoms with Gasteiger partial charge in [0.05, 0.1) is 0 Å². The van der Waals surface area contributed by atoms with Crippen LogP contribution in [0.4, 0.5) is 0 Å². The predicted molar refractivity (Wildman–Crippen MR) is 105 cm³/mol. The number of aromatic nitrogens is 3. The molecule has 0 atom stereocenters. The van der Waals surface area contributed by atoms with E-state index in [-0.39, 0.29) is 12.5 Å². The van der Waals surface area contributed by atoms with Crippen LogP contribution in [0.2, 0.25) is 0 Å². The fourth-order valence-corrected chi connectivity index (χ4v) is 3.84. The van der Waals surface area contributed by atoms with Crippen LogP contribution >= 0.6 is 0 Å². The summed E-state index contributed by atoms with van der Waals surface area (Å²) < 4.78 is 1.30. The van der Waals surface area contributed by atoms with E-state index in [1.165, 1.54) is 58.6 Å². The lowest BCUT2D eigenvalue weighted by Gasteiger charge is -2.10. The highest BCUT2D eigenvalue weighted by molar-refractivity contribution is 5.85. The average Bonchev–Trinajstić information content (AvgIpc) is 2.98. The number of benzene rings is 1.